The van der Waals surface area contributed by atoms with Crippen LogP contribution in [0.15, 0.2) is 41.0 Å². The molecule has 0 spiro atoms. The van der Waals surface area contributed by atoms with E-state index in [0.29, 0.717) is 25.2 Å². The molecule has 2 rings (SSSR count). The van der Waals surface area contributed by atoms with E-state index in [-0.39, 0.29) is 5.82 Å². The lowest BCUT2D eigenvalue weighted by molar-refractivity contribution is 0.244. The summed E-state index contributed by atoms with van der Waals surface area (Å²) in [6, 6.07) is 8.98. The van der Waals surface area contributed by atoms with E-state index >= 15 is 0 Å². The van der Waals surface area contributed by atoms with E-state index in [4.69, 9.17) is 10.2 Å². The normalized spacial score (nSPS) is 11.2. The Labute approximate surface area is 112 Å². The van der Waals surface area contributed by atoms with Crippen LogP contribution in [0, 0.1) is 5.82 Å². The number of hydrogen-bond donors (Lipinski definition) is 1. The second-order valence-corrected chi connectivity index (χ2v) is 4.51. The lowest BCUT2D eigenvalue weighted by atomic mass is 10.1. The Hall–Kier alpha value is -1.65. The van der Waals surface area contributed by atoms with Gasteiger partial charge in [-0.3, -0.25) is 4.90 Å². The van der Waals surface area contributed by atoms with Gasteiger partial charge in [-0.2, -0.15) is 0 Å². The van der Waals surface area contributed by atoms with Crippen LogP contribution in [-0.2, 0) is 19.6 Å². The molecule has 19 heavy (non-hydrogen) atoms. The molecule has 102 valence electrons. The number of rotatable bonds is 6. The number of furan rings is 1. The third-order valence-electron chi connectivity index (χ3n) is 3.15. The van der Waals surface area contributed by atoms with Crippen molar-refractivity contribution in [2.45, 2.75) is 26.6 Å². The highest BCUT2D eigenvalue weighted by Crippen LogP contribution is 2.15. The summed E-state index contributed by atoms with van der Waals surface area (Å²) in [5.74, 6) is 0.696. The summed E-state index contributed by atoms with van der Waals surface area (Å²) in [6.07, 6.45) is 1.65. The average molecular weight is 262 g/mol. The Morgan fingerprint density at radius 3 is 2.68 bits per heavy atom. The minimum absolute atomic E-state index is 0.194. The fourth-order valence-corrected chi connectivity index (χ4v) is 1.99. The van der Waals surface area contributed by atoms with Gasteiger partial charge in [0, 0.05) is 18.7 Å². The standard InChI is InChI=1S/C15H19FN2O/c1-2-18(11-14-4-3-7-19-14)10-13-6-5-12(9-17)8-15(13)16/h3-8H,2,9-11,17H2,1H3. The molecule has 3 nitrogen and oxygen atoms in total. The first-order chi connectivity index (χ1) is 9.22. The van der Waals surface area contributed by atoms with Crippen LogP contribution in [0.4, 0.5) is 4.39 Å². The van der Waals surface area contributed by atoms with Crippen molar-refractivity contribution in [1.29, 1.82) is 0 Å². The molecule has 1 aromatic heterocycles. The maximum absolute atomic E-state index is 13.9. The van der Waals surface area contributed by atoms with Gasteiger partial charge in [-0.15, -0.1) is 0 Å². The molecular weight excluding hydrogens is 243 g/mol. The Bertz CT molecular complexity index is 511. The van der Waals surface area contributed by atoms with E-state index < -0.39 is 0 Å². The highest BCUT2D eigenvalue weighted by Gasteiger charge is 2.10. The number of nitrogens with two attached hydrogens (primary N) is 1. The summed E-state index contributed by atoms with van der Waals surface area (Å²) in [5.41, 5.74) is 7.00. The zero-order chi connectivity index (χ0) is 13.7. The summed E-state index contributed by atoms with van der Waals surface area (Å²) in [4.78, 5) is 2.12. The molecule has 0 saturated carbocycles. The summed E-state index contributed by atoms with van der Waals surface area (Å²) in [6.45, 7) is 4.49. The first-order valence-corrected chi connectivity index (χ1v) is 6.45. The molecular formula is C15H19FN2O. The molecule has 0 aliphatic carbocycles. The Morgan fingerprint density at radius 2 is 2.11 bits per heavy atom. The van der Waals surface area contributed by atoms with Gasteiger partial charge in [0.15, 0.2) is 0 Å². The number of nitrogens with zero attached hydrogens (tertiary/aromatic N) is 1. The van der Waals surface area contributed by atoms with E-state index in [1.807, 2.05) is 24.3 Å². The molecule has 2 aromatic rings. The highest BCUT2D eigenvalue weighted by molar-refractivity contribution is 5.24. The molecule has 0 bridgehead atoms. The summed E-state index contributed by atoms with van der Waals surface area (Å²) in [5, 5.41) is 0. The van der Waals surface area contributed by atoms with Crippen LogP contribution in [-0.4, -0.2) is 11.4 Å². The van der Waals surface area contributed by atoms with E-state index in [1.165, 1.54) is 6.07 Å². The topological polar surface area (TPSA) is 42.4 Å². The fourth-order valence-electron chi connectivity index (χ4n) is 1.99. The second kappa shape index (κ2) is 6.50. The van der Waals surface area contributed by atoms with Crippen molar-refractivity contribution < 1.29 is 8.81 Å². The van der Waals surface area contributed by atoms with E-state index in [0.717, 1.165) is 17.9 Å². The summed E-state index contributed by atoms with van der Waals surface area (Å²) in [7, 11) is 0. The molecule has 0 unspecified atom stereocenters. The smallest absolute Gasteiger partial charge is 0.128 e. The fraction of sp³-hybridized carbons (Fsp3) is 0.333. The summed E-state index contributed by atoms with van der Waals surface area (Å²) >= 11 is 0. The maximum atomic E-state index is 13.9. The van der Waals surface area contributed by atoms with Crippen LogP contribution < -0.4 is 5.73 Å². The second-order valence-electron chi connectivity index (χ2n) is 4.51. The van der Waals surface area contributed by atoms with Gasteiger partial charge < -0.3 is 10.2 Å². The summed E-state index contributed by atoms with van der Waals surface area (Å²) < 4.78 is 19.2. The van der Waals surface area contributed by atoms with Crippen molar-refractivity contribution in [1.82, 2.24) is 4.90 Å². The monoisotopic (exact) mass is 262 g/mol. The first-order valence-electron chi connectivity index (χ1n) is 6.45. The highest BCUT2D eigenvalue weighted by atomic mass is 19.1. The Balaban J connectivity index is 2.05. The molecule has 2 N–H and O–H groups in total. The van der Waals surface area contributed by atoms with Gasteiger partial charge in [-0.1, -0.05) is 19.1 Å². The van der Waals surface area contributed by atoms with Crippen LogP contribution in [0.1, 0.15) is 23.8 Å². The lowest BCUT2D eigenvalue weighted by Crippen LogP contribution is -2.22. The largest absolute Gasteiger partial charge is 0.468 e. The predicted octanol–water partition coefficient (Wildman–Crippen LogP) is 2.90. The number of benzene rings is 1. The molecule has 0 amide bonds. The third-order valence-corrected chi connectivity index (χ3v) is 3.15. The van der Waals surface area contributed by atoms with Gasteiger partial charge in [0.2, 0.25) is 0 Å². The Kier molecular flexibility index (Phi) is 4.71. The molecule has 0 saturated heterocycles. The van der Waals surface area contributed by atoms with Gasteiger partial charge in [0.25, 0.3) is 0 Å². The van der Waals surface area contributed by atoms with Crippen molar-refractivity contribution >= 4 is 0 Å². The molecule has 0 aliphatic heterocycles. The third kappa shape index (κ3) is 3.66. The molecule has 0 fully saturated rings. The predicted molar refractivity (Wildman–Crippen MR) is 72.8 cm³/mol. The van der Waals surface area contributed by atoms with Crippen LogP contribution in [0.3, 0.4) is 0 Å². The van der Waals surface area contributed by atoms with Gasteiger partial charge >= 0.3 is 0 Å². The van der Waals surface area contributed by atoms with Gasteiger partial charge in [-0.05, 0) is 30.3 Å². The molecule has 1 heterocycles. The number of hydrogen-bond acceptors (Lipinski definition) is 3. The SMILES string of the molecule is CCN(Cc1ccco1)Cc1ccc(CN)cc1F. The quantitative estimate of drug-likeness (QED) is 0.870. The maximum Gasteiger partial charge on any atom is 0.128 e. The lowest BCUT2D eigenvalue weighted by Gasteiger charge is -2.19. The zero-order valence-corrected chi connectivity index (χ0v) is 11.1. The minimum Gasteiger partial charge on any atom is -0.468 e. The van der Waals surface area contributed by atoms with Crippen LogP contribution >= 0.6 is 0 Å². The van der Waals surface area contributed by atoms with Gasteiger partial charge in [0.05, 0.1) is 12.8 Å². The molecule has 0 aliphatic rings. The molecule has 1 aromatic carbocycles. The van der Waals surface area contributed by atoms with E-state index in [9.17, 15) is 4.39 Å². The van der Waals surface area contributed by atoms with Crippen LogP contribution in [0.5, 0.6) is 0 Å². The van der Waals surface area contributed by atoms with Crippen molar-refractivity contribution in [3.05, 3.63) is 59.3 Å². The molecule has 4 heteroatoms. The van der Waals surface area contributed by atoms with Crippen molar-refractivity contribution in [3.63, 3.8) is 0 Å². The van der Waals surface area contributed by atoms with Gasteiger partial charge in [0.1, 0.15) is 11.6 Å². The molecule has 0 atom stereocenters. The van der Waals surface area contributed by atoms with Crippen LogP contribution in [0.25, 0.3) is 0 Å². The van der Waals surface area contributed by atoms with E-state index in [1.54, 1.807) is 6.26 Å². The number of halogens is 1. The van der Waals surface area contributed by atoms with Crippen molar-refractivity contribution in [3.8, 4) is 0 Å². The Morgan fingerprint density at radius 1 is 1.26 bits per heavy atom. The zero-order valence-electron chi connectivity index (χ0n) is 11.1. The first kappa shape index (κ1) is 13.8. The van der Waals surface area contributed by atoms with Gasteiger partial charge in [-0.25, -0.2) is 4.39 Å². The van der Waals surface area contributed by atoms with Crippen molar-refractivity contribution in [2.75, 3.05) is 6.54 Å². The minimum atomic E-state index is -0.194. The average Bonchev–Trinajstić information content (AvgIpc) is 2.92. The van der Waals surface area contributed by atoms with Crippen LogP contribution in [0.2, 0.25) is 0 Å². The molecule has 0 radical (unpaired) electrons. The van der Waals surface area contributed by atoms with E-state index in [2.05, 4.69) is 11.8 Å². The van der Waals surface area contributed by atoms with Crippen molar-refractivity contribution in [2.24, 2.45) is 5.73 Å².